The van der Waals surface area contributed by atoms with Crippen LogP contribution in [0, 0.1) is 6.92 Å². The second kappa shape index (κ2) is 4.82. The van der Waals surface area contributed by atoms with Gasteiger partial charge in [0.1, 0.15) is 11.5 Å². The minimum absolute atomic E-state index is 0.0166. The largest absolute Gasteiger partial charge is 0.508 e. The van der Waals surface area contributed by atoms with Crippen LogP contribution in [0.25, 0.3) is 0 Å². The molecule has 0 fully saturated rings. The number of phenolic OH excluding ortho intramolecular Hbond substituents is 2. The Morgan fingerprint density at radius 3 is 2.53 bits per heavy atom. The number of aromatic hydroxyl groups is 2. The Morgan fingerprint density at radius 1 is 1.33 bits per heavy atom. The molecule has 0 saturated carbocycles. The predicted molar refractivity (Wildman–Crippen MR) is 58.4 cm³/mol. The molecule has 3 heteroatoms. The maximum atomic E-state index is 11.7. The molecule has 0 amide bonds. The summed E-state index contributed by atoms with van der Waals surface area (Å²) in [5, 5.41) is 18.8. The van der Waals surface area contributed by atoms with E-state index in [0.29, 0.717) is 17.5 Å². The van der Waals surface area contributed by atoms with Crippen LogP contribution in [0.1, 0.15) is 42.1 Å². The topological polar surface area (TPSA) is 57.5 Å². The third kappa shape index (κ3) is 2.72. The van der Waals surface area contributed by atoms with Gasteiger partial charge < -0.3 is 10.2 Å². The Balaban J connectivity index is 2.98. The predicted octanol–water partition coefficient (Wildman–Crippen LogP) is 2.78. The zero-order valence-electron chi connectivity index (χ0n) is 9.08. The van der Waals surface area contributed by atoms with Gasteiger partial charge in [-0.1, -0.05) is 13.3 Å². The van der Waals surface area contributed by atoms with E-state index >= 15 is 0 Å². The van der Waals surface area contributed by atoms with Gasteiger partial charge in [-0.25, -0.2) is 0 Å². The number of phenols is 2. The van der Waals surface area contributed by atoms with E-state index in [1.165, 1.54) is 12.1 Å². The van der Waals surface area contributed by atoms with Gasteiger partial charge in [0, 0.05) is 12.5 Å². The third-order valence-corrected chi connectivity index (χ3v) is 2.34. The highest BCUT2D eigenvalue weighted by atomic mass is 16.3. The molecule has 82 valence electrons. The monoisotopic (exact) mass is 208 g/mol. The average molecular weight is 208 g/mol. The van der Waals surface area contributed by atoms with Gasteiger partial charge >= 0.3 is 0 Å². The van der Waals surface area contributed by atoms with Crippen molar-refractivity contribution in [1.29, 1.82) is 0 Å². The van der Waals surface area contributed by atoms with E-state index in [1.807, 2.05) is 6.92 Å². The van der Waals surface area contributed by atoms with Crippen LogP contribution in [0.3, 0.4) is 0 Å². The Morgan fingerprint density at radius 2 is 2.00 bits per heavy atom. The molecule has 0 spiro atoms. The first-order valence-corrected chi connectivity index (χ1v) is 5.12. The lowest BCUT2D eigenvalue weighted by Crippen LogP contribution is -2.02. The summed E-state index contributed by atoms with van der Waals surface area (Å²) >= 11 is 0. The Bertz CT molecular complexity index is 346. The summed E-state index contributed by atoms with van der Waals surface area (Å²) in [6.07, 6.45) is 2.21. The number of unbranched alkanes of at least 4 members (excludes halogenated alkanes) is 1. The number of carbonyl (C=O) groups excluding carboxylic acids is 1. The molecule has 2 N–H and O–H groups in total. The standard InChI is InChI=1S/C12H16O3/c1-3-4-5-10(14)12-8(2)6-9(13)7-11(12)15/h6-7,13,15H,3-5H2,1-2H3. The summed E-state index contributed by atoms with van der Waals surface area (Å²) in [5.74, 6) is -0.211. The molecule has 1 rings (SSSR count). The zero-order chi connectivity index (χ0) is 11.4. The fourth-order valence-corrected chi connectivity index (χ4v) is 1.58. The molecule has 0 aliphatic carbocycles. The van der Waals surface area contributed by atoms with Crippen molar-refractivity contribution in [3.63, 3.8) is 0 Å². The molecule has 3 nitrogen and oxygen atoms in total. The maximum absolute atomic E-state index is 11.7. The number of hydrogen-bond acceptors (Lipinski definition) is 3. The molecule has 0 heterocycles. The molecule has 1 aromatic carbocycles. The van der Waals surface area contributed by atoms with Crippen LogP contribution >= 0.6 is 0 Å². The highest BCUT2D eigenvalue weighted by Gasteiger charge is 2.14. The summed E-state index contributed by atoms with van der Waals surface area (Å²) in [6.45, 7) is 3.72. The van der Waals surface area contributed by atoms with Crippen LogP contribution < -0.4 is 0 Å². The molecule has 0 radical (unpaired) electrons. The molecule has 0 aliphatic heterocycles. The van der Waals surface area contributed by atoms with E-state index in [4.69, 9.17) is 0 Å². The minimum Gasteiger partial charge on any atom is -0.508 e. The fraction of sp³-hybridized carbons (Fsp3) is 0.417. The van der Waals surface area contributed by atoms with Crippen molar-refractivity contribution in [1.82, 2.24) is 0 Å². The van der Waals surface area contributed by atoms with E-state index in [0.717, 1.165) is 12.8 Å². The molecular weight excluding hydrogens is 192 g/mol. The SMILES string of the molecule is CCCCC(=O)c1c(C)cc(O)cc1O. The van der Waals surface area contributed by atoms with Gasteiger partial charge in [-0.2, -0.15) is 0 Å². The Kier molecular flexibility index (Phi) is 3.72. The molecule has 0 bridgehead atoms. The van der Waals surface area contributed by atoms with Crippen molar-refractivity contribution >= 4 is 5.78 Å². The summed E-state index contributed by atoms with van der Waals surface area (Å²) < 4.78 is 0. The molecule has 0 aromatic heterocycles. The number of carbonyl (C=O) groups is 1. The van der Waals surface area contributed by atoms with Crippen molar-refractivity contribution < 1.29 is 15.0 Å². The second-order valence-corrected chi connectivity index (χ2v) is 3.68. The highest BCUT2D eigenvalue weighted by molar-refractivity contribution is 6.00. The van der Waals surface area contributed by atoms with Crippen LogP contribution in [0.4, 0.5) is 0 Å². The lowest BCUT2D eigenvalue weighted by Gasteiger charge is -2.07. The highest BCUT2D eigenvalue weighted by Crippen LogP contribution is 2.28. The maximum Gasteiger partial charge on any atom is 0.166 e. The van der Waals surface area contributed by atoms with Crippen LogP contribution in [0.5, 0.6) is 11.5 Å². The first kappa shape index (κ1) is 11.6. The molecule has 0 aliphatic rings. The lowest BCUT2D eigenvalue weighted by molar-refractivity contribution is 0.0976. The summed E-state index contributed by atoms with van der Waals surface area (Å²) in [6, 6.07) is 2.69. The molecule has 0 unspecified atom stereocenters. The fourth-order valence-electron chi connectivity index (χ4n) is 1.58. The minimum atomic E-state index is -0.131. The van der Waals surface area contributed by atoms with Crippen molar-refractivity contribution in [2.75, 3.05) is 0 Å². The smallest absolute Gasteiger partial charge is 0.166 e. The van der Waals surface area contributed by atoms with Gasteiger partial charge in [0.25, 0.3) is 0 Å². The Hall–Kier alpha value is -1.51. The number of benzene rings is 1. The van der Waals surface area contributed by atoms with E-state index < -0.39 is 0 Å². The Labute approximate surface area is 89.4 Å². The first-order valence-electron chi connectivity index (χ1n) is 5.12. The molecule has 0 saturated heterocycles. The van der Waals surface area contributed by atoms with Crippen molar-refractivity contribution in [2.24, 2.45) is 0 Å². The number of hydrogen-bond donors (Lipinski definition) is 2. The summed E-state index contributed by atoms with van der Waals surface area (Å²) in [5.41, 5.74) is 0.954. The van der Waals surface area contributed by atoms with Gasteiger partial charge in [-0.3, -0.25) is 4.79 Å². The quantitative estimate of drug-likeness (QED) is 0.748. The van der Waals surface area contributed by atoms with Crippen molar-refractivity contribution in [3.05, 3.63) is 23.3 Å². The van der Waals surface area contributed by atoms with Gasteiger partial charge in [0.15, 0.2) is 5.78 Å². The van der Waals surface area contributed by atoms with E-state index in [1.54, 1.807) is 6.92 Å². The number of Topliss-reactive ketones (excluding diaryl/α,β-unsaturated/α-hetero) is 1. The van der Waals surface area contributed by atoms with Gasteiger partial charge in [-0.05, 0) is 25.0 Å². The van der Waals surface area contributed by atoms with Gasteiger partial charge in [-0.15, -0.1) is 0 Å². The van der Waals surface area contributed by atoms with Crippen molar-refractivity contribution in [2.45, 2.75) is 33.1 Å². The number of rotatable bonds is 4. The summed E-state index contributed by atoms with van der Waals surface area (Å²) in [4.78, 5) is 11.7. The number of aryl methyl sites for hydroxylation is 1. The molecule has 15 heavy (non-hydrogen) atoms. The molecule has 1 aromatic rings. The van der Waals surface area contributed by atoms with Crippen LogP contribution in [0.2, 0.25) is 0 Å². The van der Waals surface area contributed by atoms with E-state index in [-0.39, 0.29) is 17.3 Å². The third-order valence-electron chi connectivity index (χ3n) is 2.34. The van der Waals surface area contributed by atoms with Gasteiger partial charge in [0.2, 0.25) is 0 Å². The van der Waals surface area contributed by atoms with Gasteiger partial charge in [0.05, 0.1) is 5.56 Å². The number of ketones is 1. The van der Waals surface area contributed by atoms with Crippen LogP contribution in [0.15, 0.2) is 12.1 Å². The normalized spacial score (nSPS) is 10.3. The molecular formula is C12H16O3. The molecule has 0 atom stereocenters. The lowest BCUT2D eigenvalue weighted by atomic mass is 9.99. The second-order valence-electron chi connectivity index (χ2n) is 3.68. The zero-order valence-corrected chi connectivity index (χ0v) is 9.08. The van der Waals surface area contributed by atoms with Crippen LogP contribution in [-0.2, 0) is 0 Å². The summed E-state index contributed by atoms with van der Waals surface area (Å²) in [7, 11) is 0. The van der Waals surface area contributed by atoms with E-state index in [2.05, 4.69) is 0 Å². The van der Waals surface area contributed by atoms with E-state index in [9.17, 15) is 15.0 Å². The average Bonchev–Trinajstić information content (AvgIpc) is 2.12. The first-order chi connectivity index (χ1) is 7.06. The van der Waals surface area contributed by atoms with Crippen LogP contribution in [-0.4, -0.2) is 16.0 Å². The van der Waals surface area contributed by atoms with Crippen molar-refractivity contribution in [3.8, 4) is 11.5 Å².